The zero-order valence-corrected chi connectivity index (χ0v) is 18.3. The number of aromatic nitrogens is 2. The van der Waals surface area contributed by atoms with Crippen LogP contribution < -0.4 is 15.6 Å². The van der Waals surface area contributed by atoms with Crippen LogP contribution in [0.4, 0.5) is 11.5 Å². The number of likely N-dealkylation sites (tertiary alicyclic amines) is 1. The Kier molecular flexibility index (Phi) is 5.96. The Balaban J connectivity index is 1.60. The molecule has 32 heavy (non-hydrogen) atoms. The molecule has 0 bridgehead atoms. The first kappa shape index (κ1) is 21.6. The molecule has 1 fully saturated rings. The van der Waals surface area contributed by atoms with Gasteiger partial charge in [0.05, 0.1) is 18.7 Å². The van der Waals surface area contributed by atoms with Crippen molar-refractivity contribution in [3.8, 4) is 11.4 Å². The minimum Gasteiger partial charge on any atom is -0.495 e. The topological polar surface area (TPSA) is 96.7 Å². The molecule has 8 heteroatoms. The number of carboxylic acids is 1. The summed E-state index contributed by atoms with van der Waals surface area (Å²) in [6, 6.07) is 11.3. The number of ether oxygens (including phenoxy) is 1. The van der Waals surface area contributed by atoms with Gasteiger partial charge in [0, 0.05) is 37.7 Å². The Labute approximate surface area is 186 Å². The molecule has 0 atom stereocenters. The second-order valence-electron chi connectivity index (χ2n) is 8.06. The molecule has 1 saturated heterocycles. The number of carboxylic acid groups (broad SMARTS) is 1. The van der Waals surface area contributed by atoms with E-state index in [1.54, 1.807) is 24.1 Å². The number of aliphatic carboxylic acids is 1. The molecule has 8 nitrogen and oxygen atoms in total. The summed E-state index contributed by atoms with van der Waals surface area (Å²) in [5, 5.41) is 12.2. The SMILES string of the molecule is COc1ccccc1Nc1nccn(-c2cc(C)c(CN3CC(C(=O)O)C3)c(C)c2)c1=O. The highest BCUT2D eigenvalue weighted by molar-refractivity contribution is 5.71. The fourth-order valence-corrected chi connectivity index (χ4v) is 4.01. The highest BCUT2D eigenvalue weighted by Crippen LogP contribution is 2.26. The zero-order valence-electron chi connectivity index (χ0n) is 18.3. The number of carbonyl (C=O) groups is 1. The van der Waals surface area contributed by atoms with E-state index in [2.05, 4.69) is 15.2 Å². The van der Waals surface area contributed by atoms with Crippen molar-refractivity contribution in [2.45, 2.75) is 20.4 Å². The van der Waals surface area contributed by atoms with Gasteiger partial charge in [-0.05, 0) is 54.8 Å². The number of hydrogen-bond donors (Lipinski definition) is 2. The van der Waals surface area contributed by atoms with E-state index >= 15 is 0 Å². The van der Waals surface area contributed by atoms with Gasteiger partial charge in [-0.3, -0.25) is 19.1 Å². The smallest absolute Gasteiger partial charge is 0.309 e. The number of nitrogens with one attached hydrogen (secondary N) is 1. The molecular formula is C24H26N4O4. The second-order valence-corrected chi connectivity index (χ2v) is 8.06. The third kappa shape index (κ3) is 4.22. The van der Waals surface area contributed by atoms with E-state index in [1.807, 2.05) is 50.2 Å². The molecule has 3 aromatic rings. The first-order valence-electron chi connectivity index (χ1n) is 10.4. The Bertz CT molecular complexity index is 1190. The summed E-state index contributed by atoms with van der Waals surface area (Å²) in [4.78, 5) is 30.5. The minimum atomic E-state index is -0.736. The Hall–Kier alpha value is -3.65. The van der Waals surface area contributed by atoms with Crippen molar-refractivity contribution in [1.29, 1.82) is 0 Å². The Morgan fingerprint density at radius 2 is 1.91 bits per heavy atom. The molecule has 2 heterocycles. The van der Waals surface area contributed by atoms with Crippen LogP contribution in [0.5, 0.6) is 5.75 Å². The predicted octanol–water partition coefficient (Wildman–Crippen LogP) is 3.12. The third-order valence-electron chi connectivity index (χ3n) is 5.85. The van der Waals surface area contributed by atoms with Crippen molar-refractivity contribution in [1.82, 2.24) is 14.5 Å². The van der Waals surface area contributed by atoms with Gasteiger partial charge < -0.3 is 15.2 Å². The number of aryl methyl sites for hydroxylation is 2. The molecule has 1 aromatic heterocycles. The summed E-state index contributed by atoms with van der Waals surface area (Å²) in [6.07, 6.45) is 3.24. The molecule has 0 radical (unpaired) electrons. The van der Waals surface area contributed by atoms with Gasteiger partial charge in [0.25, 0.3) is 5.56 Å². The maximum absolute atomic E-state index is 13.1. The van der Waals surface area contributed by atoms with Gasteiger partial charge in [-0.1, -0.05) is 12.1 Å². The van der Waals surface area contributed by atoms with Crippen LogP contribution in [0.15, 0.2) is 53.6 Å². The molecule has 0 unspecified atom stereocenters. The fraction of sp³-hybridized carbons (Fsp3) is 0.292. The first-order valence-corrected chi connectivity index (χ1v) is 10.4. The molecule has 2 aromatic carbocycles. The van der Waals surface area contributed by atoms with Crippen molar-refractivity contribution in [3.63, 3.8) is 0 Å². The third-order valence-corrected chi connectivity index (χ3v) is 5.85. The summed E-state index contributed by atoms with van der Waals surface area (Å²) in [7, 11) is 1.58. The second kappa shape index (κ2) is 8.84. The van der Waals surface area contributed by atoms with Gasteiger partial charge >= 0.3 is 5.97 Å². The largest absolute Gasteiger partial charge is 0.495 e. The molecule has 166 valence electrons. The lowest BCUT2D eigenvalue weighted by Gasteiger charge is -2.37. The van der Waals surface area contributed by atoms with Crippen molar-refractivity contribution in [3.05, 3.63) is 75.8 Å². The lowest BCUT2D eigenvalue weighted by molar-refractivity contribution is -0.147. The number of para-hydroxylation sites is 2. The van der Waals surface area contributed by atoms with Crippen molar-refractivity contribution in [2.24, 2.45) is 5.92 Å². The van der Waals surface area contributed by atoms with Crippen LogP contribution in [0, 0.1) is 19.8 Å². The molecule has 4 rings (SSSR count). The summed E-state index contributed by atoms with van der Waals surface area (Å²) in [5.41, 5.74) is 4.42. The van der Waals surface area contributed by atoms with Gasteiger partial charge in [-0.15, -0.1) is 0 Å². The Morgan fingerprint density at radius 1 is 1.22 bits per heavy atom. The van der Waals surface area contributed by atoms with Crippen LogP contribution in [-0.4, -0.2) is 45.7 Å². The normalized spacial score (nSPS) is 14.1. The van der Waals surface area contributed by atoms with Gasteiger partial charge in [-0.2, -0.15) is 0 Å². The molecule has 0 aliphatic carbocycles. The molecule has 0 amide bonds. The van der Waals surface area contributed by atoms with E-state index < -0.39 is 5.97 Å². The van der Waals surface area contributed by atoms with Crippen LogP contribution in [0.2, 0.25) is 0 Å². The number of nitrogens with zero attached hydrogens (tertiary/aromatic N) is 3. The van der Waals surface area contributed by atoms with Crippen molar-refractivity contribution < 1.29 is 14.6 Å². The van der Waals surface area contributed by atoms with E-state index in [0.717, 1.165) is 22.4 Å². The predicted molar refractivity (Wildman–Crippen MR) is 122 cm³/mol. The van der Waals surface area contributed by atoms with Gasteiger partial charge in [0.15, 0.2) is 5.82 Å². The molecule has 1 aliphatic heterocycles. The summed E-state index contributed by atoms with van der Waals surface area (Å²) >= 11 is 0. The van der Waals surface area contributed by atoms with Gasteiger partial charge in [0.2, 0.25) is 0 Å². The van der Waals surface area contributed by atoms with E-state index in [-0.39, 0.29) is 17.3 Å². The van der Waals surface area contributed by atoms with Crippen molar-refractivity contribution >= 4 is 17.5 Å². The Morgan fingerprint density at radius 3 is 2.56 bits per heavy atom. The van der Waals surface area contributed by atoms with Gasteiger partial charge in [0.1, 0.15) is 5.75 Å². The minimum absolute atomic E-state index is 0.205. The highest BCUT2D eigenvalue weighted by atomic mass is 16.5. The number of anilines is 2. The standard InChI is InChI=1S/C24H26N4O4/c1-15-10-18(11-16(2)19(15)14-27-12-17(13-27)24(30)31)28-9-8-25-22(23(28)29)26-20-6-4-5-7-21(20)32-3/h4-11,17H,12-14H2,1-3H3,(H,25,26)(H,30,31). The van der Waals surface area contributed by atoms with Crippen molar-refractivity contribution in [2.75, 3.05) is 25.5 Å². The lowest BCUT2D eigenvalue weighted by atomic mass is 9.96. The van der Waals surface area contributed by atoms with Crippen LogP contribution in [0.1, 0.15) is 16.7 Å². The summed E-state index contributed by atoms with van der Waals surface area (Å²) < 4.78 is 6.91. The molecule has 1 aliphatic rings. The van der Waals surface area contributed by atoms with E-state index in [0.29, 0.717) is 31.1 Å². The molecule has 0 saturated carbocycles. The lowest BCUT2D eigenvalue weighted by Crippen LogP contribution is -2.49. The molecule has 2 N–H and O–H groups in total. The maximum atomic E-state index is 13.1. The fourth-order valence-electron chi connectivity index (χ4n) is 4.01. The summed E-state index contributed by atoms with van der Waals surface area (Å²) in [6.45, 7) is 5.87. The van der Waals surface area contributed by atoms with Crippen LogP contribution in [-0.2, 0) is 11.3 Å². The zero-order chi connectivity index (χ0) is 22.8. The number of rotatable bonds is 7. The monoisotopic (exact) mass is 434 g/mol. The van der Waals surface area contributed by atoms with Crippen LogP contribution in [0.3, 0.4) is 0 Å². The quantitative estimate of drug-likeness (QED) is 0.590. The highest BCUT2D eigenvalue weighted by Gasteiger charge is 2.32. The maximum Gasteiger partial charge on any atom is 0.309 e. The average Bonchev–Trinajstić information content (AvgIpc) is 2.73. The first-order chi connectivity index (χ1) is 15.4. The number of benzene rings is 2. The molecule has 0 spiro atoms. The van der Waals surface area contributed by atoms with E-state index in [1.165, 1.54) is 0 Å². The van der Waals surface area contributed by atoms with E-state index in [9.17, 15) is 9.59 Å². The number of hydrogen-bond acceptors (Lipinski definition) is 6. The number of methoxy groups -OCH3 is 1. The van der Waals surface area contributed by atoms with Crippen LogP contribution in [0.25, 0.3) is 5.69 Å². The summed E-state index contributed by atoms with van der Waals surface area (Å²) in [5.74, 6) is -0.188. The van der Waals surface area contributed by atoms with E-state index in [4.69, 9.17) is 9.84 Å². The molecular weight excluding hydrogens is 408 g/mol. The average molecular weight is 434 g/mol. The van der Waals surface area contributed by atoms with Crippen LogP contribution >= 0.6 is 0 Å². The van der Waals surface area contributed by atoms with Gasteiger partial charge in [-0.25, -0.2) is 4.98 Å².